The predicted octanol–water partition coefficient (Wildman–Crippen LogP) is 3.96. The third kappa shape index (κ3) is 8.01. The topological polar surface area (TPSA) is 17.1 Å². The summed E-state index contributed by atoms with van der Waals surface area (Å²) in [4.78, 5) is 10.3. The molecule has 1 atom stereocenters. The van der Waals surface area contributed by atoms with Gasteiger partial charge in [-0.25, -0.2) is 0 Å². The summed E-state index contributed by atoms with van der Waals surface area (Å²) in [6, 6.07) is 0. The summed E-state index contributed by atoms with van der Waals surface area (Å²) in [7, 11) is 0. The van der Waals surface area contributed by atoms with Gasteiger partial charge in [0.15, 0.2) is 0 Å². The van der Waals surface area contributed by atoms with Gasteiger partial charge in [0.1, 0.15) is 6.29 Å². The van der Waals surface area contributed by atoms with Gasteiger partial charge in [0, 0.05) is 6.42 Å². The molecule has 0 aromatic rings. The van der Waals surface area contributed by atoms with Crippen LogP contribution in [0.5, 0.6) is 0 Å². The molecule has 0 rings (SSSR count). The SMILES string of the molecule is CCCCCCCC(CC)CC=O. The Labute approximate surface area is 82.9 Å². The fraction of sp³-hybridized carbons (Fsp3) is 0.917. The Kier molecular flexibility index (Phi) is 9.51. The maximum atomic E-state index is 10.3. The Bertz CT molecular complexity index is 110. The van der Waals surface area contributed by atoms with E-state index >= 15 is 0 Å². The predicted molar refractivity (Wildman–Crippen MR) is 57.8 cm³/mol. The highest BCUT2D eigenvalue weighted by Gasteiger charge is 2.04. The second kappa shape index (κ2) is 9.76. The van der Waals surface area contributed by atoms with Gasteiger partial charge in [0.25, 0.3) is 0 Å². The monoisotopic (exact) mass is 184 g/mol. The normalized spacial score (nSPS) is 12.8. The van der Waals surface area contributed by atoms with Crippen molar-refractivity contribution in [3.8, 4) is 0 Å². The summed E-state index contributed by atoms with van der Waals surface area (Å²) >= 11 is 0. The van der Waals surface area contributed by atoms with Crippen molar-refractivity contribution in [1.82, 2.24) is 0 Å². The van der Waals surface area contributed by atoms with E-state index in [4.69, 9.17) is 0 Å². The van der Waals surface area contributed by atoms with Gasteiger partial charge in [0.2, 0.25) is 0 Å². The molecule has 0 aliphatic heterocycles. The van der Waals surface area contributed by atoms with Crippen LogP contribution in [0, 0.1) is 5.92 Å². The van der Waals surface area contributed by atoms with Crippen molar-refractivity contribution in [3.63, 3.8) is 0 Å². The Hall–Kier alpha value is -0.330. The van der Waals surface area contributed by atoms with Gasteiger partial charge in [-0.05, 0) is 5.92 Å². The third-order valence-electron chi connectivity index (χ3n) is 2.72. The molecule has 0 amide bonds. The van der Waals surface area contributed by atoms with Crippen LogP contribution in [0.15, 0.2) is 0 Å². The van der Waals surface area contributed by atoms with E-state index in [2.05, 4.69) is 13.8 Å². The van der Waals surface area contributed by atoms with Crippen LogP contribution in [0.25, 0.3) is 0 Å². The van der Waals surface area contributed by atoms with Crippen LogP contribution in [0.4, 0.5) is 0 Å². The quantitative estimate of drug-likeness (QED) is 0.391. The first-order chi connectivity index (χ1) is 6.35. The van der Waals surface area contributed by atoms with Crippen LogP contribution in [0.1, 0.15) is 65.2 Å². The first-order valence-corrected chi connectivity index (χ1v) is 5.78. The molecule has 0 N–H and O–H groups in total. The molecule has 0 radical (unpaired) electrons. The average molecular weight is 184 g/mol. The van der Waals surface area contributed by atoms with Crippen LogP contribution in [0.2, 0.25) is 0 Å². The highest BCUT2D eigenvalue weighted by atomic mass is 16.1. The molecule has 0 bridgehead atoms. The van der Waals surface area contributed by atoms with E-state index in [-0.39, 0.29) is 0 Å². The van der Waals surface area contributed by atoms with E-state index in [1.807, 2.05) is 0 Å². The minimum atomic E-state index is 0.652. The summed E-state index contributed by atoms with van der Waals surface area (Å²) in [6.45, 7) is 4.42. The zero-order chi connectivity index (χ0) is 9.94. The highest BCUT2D eigenvalue weighted by molar-refractivity contribution is 5.49. The maximum Gasteiger partial charge on any atom is 0.120 e. The van der Waals surface area contributed by atoms with Crippen LogP contribution < -0.4 is 0 Å². The summed E-state index contributed by atoms with van der Waals surface area (Å²) in [6.07, 6.45) is 11.0. The van der Waals surface area contributed by atoms with Gasteiger partial charge in [0.05, 0.1) is 0 Å². The third-order valence-corrected chi connectivity index (χ3v) is 2.72. The van der Waals surface area contributed by atoms with Gasteiger partial charge in [-0.3, -0.25) is 0 Å². The molecule has 0 aromatic carbocycles. The summed E-state index contributed by atoms with van der Waals surface area (Å²) in [5, 5.41) is 0. The minimum absolute atomic E-state index is 0.652. The van der Waals surface area contributed by atoms with E-state index in [0.29, 0.717) is 5.92 Å². The molecule has 13 heavy (non-hydrogen) atoms. The van der Waals surface area contributed by atoms with Crippen molar-refractivity contribution >= 4 is 6.29 Å². The van der Waals surface area contributed by atoms with E-state index in [1.165, 1.54) is 38.5 Å². The number of unbranched alkanes of at least 4 members (excludes halogenated alkanes) is 4. The number of carbonyl (C=O) groups is 1. The summed E-state index contributed by atoms with van der Waals surface area (Å²) < 4.78 is 0. The molecule has 0 spiro atoms. The molecule has 0 fully saturated rings. The van der Waals surface area contributed by atoms with Gasteiger partial charge >= 0.3 is 0 Å². The molecule has 0 aromatic heterocycles. The molecule has 0 saturated carbocycles. The lowest BCUT2D eigenvalue weighted by Crippen LogP contribution is -1.99. The molecule has 1 heteroatoms. The molecular formula is C12H24O. The zero-order valence-electron chi connectivity index (χ0n) is 9.22. The first-order valence-electron chi connectivity index (χ1n) is 5.78. The maximum absolute atomic E-state index is 10.3. The summed E-state index contributed by atoms with van der Waals surface area (Å²) in [5.41, 5.74) is 0. The number of aldehydes is 1. The number of rotatable bonds is 9. The lowest BCUT2D eigenvalue weighted by Gasteiger charge is -2.10. The molecule has 0 saturated heterocycles. The highest BCUT2D eigenvalue weighted by Crippen LogP contribution is 2.16. The van der Waals surface area contributed by atoms with Crippen molar-refractivity contribution in [2.45, 2.75) is 65.2 Å². The van der Waals surface area contributed by atoms with Crippen molar-refractivity contribution in [2.75, 3.05) is 0 Å². The number of hydrogen-bond donors (Lipinski definition) is 0. The van der Waals surface area contributed by atoms with E-state index in [1.54, 1.807) is 0 Å². The van der Waals surface area contributed by atoms with Gasteiger partial charge in [-0.2, -0.15) is 0 Å². The minimum Gasteiger partial charge on any atom is -0.303 e. The standard InChI is InChI=1S/C12H24O/c1-3-5-6-7-8-9-12(4-2)10-11-13/h11-12H,3-10H2,1-2H3. The number of carbonyl (C=O) groups excluding carboxylic acids is 1. The smallest absolute Gasteiger partial charge is 0.120 e. The van der Waals surface area contributed by atoms with Crippen LogP contribution in [-0.4, -0.2) is 6.29 Å². The average Bonchev–Trinajstić information content (AvgIpc) is 2.16. The molecule has 78 valence electrons. The first kappa shape index (κ1) is 12.7. The van der Waals surface area contributed by atoms with Crippen molar-refractivity contribution in [3.05, 3.63) is 0 Å². The Morgan fingerprint density at radius 1 is 1.08 bits per heavy atom. The Morgan fingerprint density at radius 3 is 2.31 bits per heavy atom. The molecule has 0 aliphatic rings. The zero-order valence-corrected chi connectivity index (χ0v) is 9.22. The molecule has 1 nitrogen and oxygen atoms in total. The van der Waals surface area contributed by atoms with Gasteiger partial charge in [-0.15, -0.1) is 0 Å². The molecular weight excluding hydrogens is 160 g/mol. The lowest BCUT2D eigenvalue weighted by molar-refractivity contribution is -0.108. The second-order valence-corrected chi connectivity index (χ2v) is 3.88. The van der Waals surface area contributed by atoms with E-state index in [9.17, 15) is 4.79 Å². The van der Waals surface area contributed by atoms with E-state index in [0.717, 1.165) is 19.1 Å². The van der Waals surface area contributed by atoms with Gasteiger partial charge in [-0.1, -0.05) is 58.8 Å². The van der Waals surface area contributed by atoms with Crippen LogP contribution in [0.3, 0.4) is 0 Å². The summed E-state index contributed by atoms with van der Waals surface area (Å²) in [5.74, 6) is 0.652. The largest absolute Gasteiger partial charge is 0.303 e. The molecule has 0 heterocycles. The van der Waals surface area contributed by atoms with Crippen LogP contribution in [-0.2, 0) is 4.79 Å². The molecule has 0 aliphatic carbocycles. The number of hydrogen-bond acceptors (Lipinski definition) is 1. The fourth-order valence-corrected chi connectivity index (χ4v) is 1.66. The van der Waals surface area contributed by atoms with Gasteiger partial charge < -0.3 is 4.79 Å². The van der Waals surface area contributed by atoms with Crippen molar-refractivity contribution < 1.29 is 4.79 Å². The lowest BCUT2D eigenvalue weighted by atomic mass is 9.95. The second-order valence-electron chi connectivity index (χ2n) is 3.88. The molecule has 1 unspecified atom stereocenters. The Balaban J connectivity index is 3.22. The van der Waals surface area contributed by atoms with Crippen molar-refractivity contribution in [2.24, 2.45) is 5.92 Å². The van der Waals surface area contributed by atoms with Crippen molar-refractivity contribution in [1.29, 1.82) is 0 Å². The van der Waals surface area contributed by atoms with E-state index < -0.39 is 0 Å². The van der Waals surface area contributed by atoms with Crippen LogP contribution >= 0.6 is 0 Å². The Morgan fingerprint density at radius 2 is 1.77 bits per heavy atom. The fourth-order valence-electron chi connectivity index (χ4n) is 1.66.